The Morgan fingerprint density at radius 2 is 0.429 bits per heavy atom. The lowest BCUT2D eigenvalue weighted by molar-refractivity contribution is 0.0935. The molecule has 4 heteroatoms. The fourth-order valence-corrected chi connectivity index (χ4v) is 9.79. The summed E-state index contributed by atoms with van der Waals surface area (Å²) < 4.78 is 25.8. The highest BCUT2D eigenvalue weighted by atomic mass is 16.5. The second-order valence-electron chi connectivity index (χ2n) is 18.1. The van der Waals surface area contributed by atoms with Gasteiger partial charge in [0.2, 0.25) is 0 Å². The summed E-state index contributed by atoms with van der Waals surface area (Å²) in [6, 6.07) is 82.3. The third-order valence-electron chi connectivity index (χ3n) is 13.3. The van der Waals surface area contributed by atoms with Crippen molar-refractivity contribution >= 4 is 43.1 Å². The number of hydrogen-bond donors (Lipinski definition) is 0. The first kappa shape index (κ1) is 44.8. The van der Waals surface area contributed by atoms with Gasteiger partial charge in [-0.1, -0.05) is 182 Å². The Hall–Kier alpha value is -7.70. The van der Waals surface area contributed by atoms with Gasteiger partial charge in [0.15, 0.2) is 0 Å². The standard InChI is InChI=1S/C66H54O4/c1-7-19-47(20-8-1)39-67-43-57-31-53-35-61-62(36-54(53)32-58(57)44-68-40-48-21-9-2-10-22-48)66(52-29-17-6-18-30-52)64-38-56-34-60(46-70-42-50-25-13-4-14-26-50)59(45-69-41-49-23-11-3-12-24-49)33-55(56)37-63(64)65(61)51-27-15-5-16-28-51/h1-38H,39-46H2. The quantitative estimate of drug-likeness (QED) is 0.0804. The minimum absolute atomic E-state index is 0.466. The first-order chi connectivity index (χ1) is 34.7. The van der Waals surface area contributed by atoms with Crippen LogP contribution < -0.4 is 0 Å². The molecule has 0 aliphatic carbocycles. The Kier molecular flexibility index (Phi) is 13.6. The summed E-state index contributed by atoms with van der Waals surface area (Å²) in [4.78, 5) is 0. The first-order valence-corrected chi connectivity index (χ1v) is 24.2. The largest absolute Gasteiger partial charge is 0.372 e. The van der Waals surface area contributed by atoms with Crippen molar-refractivity contribution in [2.24, 2.45) is 0 Å². The molecule has 0 fully saturated rings. The summed E-state index contributed by atoms with van der Waals surface area (Å²) in [5.74, 6) is 0. The second kappa shape index (κ2) is 21.3. The van der Waals surface area contributed by atoms with Crippen LogP contribution in [0.2, 0.25) is 0 Å². The van der Waals surface area contributed by atoms with Gasteiger partial charge in [0, 0.05) is 0 Å². The lowest BCUT2D eigenvalue weighted by Crippen LogP contribution is -2.02. The number of rotatable bonds is 18. The third kappa shape index (κ3) is 10.2. The predicted molar refractivity (Wildman–Crippen MR) is 287 cm³/mol. The third-order valence-corrected chi connectivity index (χ3v) is 13.3. The van der Waals surface area contributed by atoms with Crippen LogP contribution in [0.1, 0.15) is 44.5 Å². The van der Waals surface area contributed by atoms with Crippen molar-refractivity contribution in [3.05, 3.63) is 275 Å². The van der Waals surface area contributed by atoms with Gasteiger partial charge >= 0.3 is 0 Å². The van der Waals surface area contributed by atoms with Gasteiger partial charge in [-0.25, -0.2) is 0 Å². The maximum Gasteiger partial charge on any atom is 0.0725 e. The van der Waals surface area contributed by atoms with E-state index >= 15 is 0 Å². The SMILES string of the molecule is c1ccc(COCc2cc3cc4c(-c5ccccc5)c5cc6cc(COCc7ccccc7)c(COCc7ccccc7)cc6cc5c(-c5ccccc5)c4cc3cc2COCc2ccccc2)cc1. The van der Waals surface area contributed by atoms with E-state index in [-0.39, 0.29) is 0 Å². The van der Waals surface area contributed by atoms with Gasteiger partial charge < -0.3 is 18.9 Å². The van der Waals surface area contributed by atoms with E-state index in [1.54, 1.807) is 0 Å². The van der Waals surface area contributed by atoms with Crippen LogP contribution in [0.15, 0.2) is 231 Å². The molecule has 4 nitrogen and oxygen atoms in total. The molecular formula is C66H54O4. The van der Waals surface area contributed by atoms with E-state index in [0.29, 0.717) is 52.9 Å². The molecule has 0 saturated carbocycles. The topological polar surface area (TPSA) is 36.9 Å². The molecule has 0 aliphatic heterocycles. The summed E-state index contributed by atoms with van der Waals surface area (Å²) in [6.07, 6.45) is 0. The molecule has 0 spiro atoms. The maximum atomic E-state index is 6.45. The van der Waals surface area contributed by atoms with Crippen LogP contribution in [-0.2, 0) is 71.8 Å². The van der Waals surface area contributed by atoms with Crippen molar-refractivity contribution in [3.63, 3.8) is 0 Å². The molecule has 70 heavy (non-hydrogen) atoms. The van der Waals surface area contributed by atoms with Crippen LogP contribution in [0.5, 0.6) is 0 Å². The molecule has 0 N–H and O–H groups in total. The highest BCUT2D eigenvalue weighted by Gasteiger charge is 2.20. The maximum absolute atomic E-state index is 6.45. The second-order valence-corrected chi connectivity index (χ2v) is 18.1. The Bertz CT molecular complexity index is 3080. The molecule has 0 atom stereocenters. The average molecular weight is 911 g/mol. The Morgan fingerprint density at radius 3 is 0.657 bits per heavy atom. The number of hydrogen-bond acceptors (Lipinski definition) is 4. The van der Waals surface area contributed by atoms with Crippen LogP contribution in [0, 0.1) is 0 Å². The Morgan fingerprint density at radius 1 is 0.214 bits per heavy atom. The van der Waals surface area contributed by atoms with Crippen LogP contribution in [0.25, 0.3) is 65.3 Å². The first-order valence-electron chi connectivity index (χ1n) is 24.2. The molecule has 11 aromatic rings. The van der Waals surface area contributed by atoms with Crippen LogP contribution in [0.3, 0.4) is 0 Å². The summed E-state index contributed by atoms with van der Waals surface area (Å²) in [7, 11) is 0. The van der Waals surface area contributed by atoms with E-state index in [0.717, 1.165) is 66.1 Å². The van der Waals surface area contributed by atoms with Crippen molar-refractivity contribution in [2.45, 2.75) is 52.9 Å². The molecule has 0 amide bonds. The monoisotopic (exact) mass is 910 g/mol. The molecule has 11 aromatic carbocycles. The van der Waals surface area contributed by atoms with E-state index in [9.17, 15) is 0 Å². The van der Waals surface area contributed by atoms with Gasteiger partial charge in [-0.15, -0.1) is 0 Å². The molecule has 0 radical (unpaired) electrons. The van der Waals surface area contributed by atoms with E-state index < -0.39 is 0 Å². The van der Waals surface area contributed by atoms with Crippen molar-refractivity contribution in [1.82, 2.24) is 0 Å². The summed E-state index contributed by atoms with van der Waals surface area (Å²) >= 11 is 0. The molecule has 0 aliphatic rings. The number of fused-ring (bicyclic) bond motifs is 4. The van der Waals surface area contributed by atoms with Gasteiger partial charge in [-0.3, -0.25) is 0 Å². The molecular weight excluding hydrogens is 857 g/mol. The molecule has 0 unspecified atom stereocenters. The highest BCUT2D eigenvalue weighted by Crippen LogP contribution is 2.46. The molecule has 0 aromatic heterocycles. The van der Waals surface area contributed by atoms with E-state index in [1.165, 1.54) is 43.8 Å². The minimum atomic E-state index is 0.466. The van der Waals surface area contributed by atoms with Gasteiger partial charge in [0.05, 0.1) is 52.9 Å². The number of ether oxygens (including phenoxy) is 4. The zero-order valence-electron chi connectivity index (χ0n) is 39.2. The number of benzene rings is 11. The zero-order chi connectivity index (χ0) is 46.9. The van der Waals surface area contributed by atoms with Gasteiger partial charge in [-0.05, 0) is 158 Å². The molecule has 0 bridgehead atoms. The zero-order valence-corrected chi connectivity index (χ0v) is 39.2. The molecule has 0 heterocycles. The van der Waals surface area contributed by atoms with Gasteiger partial charge in [-0.2, -0.15) is 0 Å². The fourth-order valence-electron chi connectivity index (χ4n) is 9.79. The Balaban J connectivity index is 1.08. The smallest absolute Gasteiger partial charge is 0.0725 e. The van der Waals surface area contributed by atoms with Crippen molar-refractivity contribution in [1.29, 1.82) is 0 Å². The highest BCUT2D eigenvalue weighted by molar-refractivity contribution is 6.25. The predicted octanol–water partition coefficient (Wildman–Crippen LogP) is 16.5. The van der Waals surface area contributed by atoms with E-state index in [1.807, 2.05) is 24.3 Å². The van der Waals surface area contributed by atoms with E-state index in [2.05, 4.69) is 206 Å². The summed E-state index contributed by atoms with van der Waals surface area (Å²) in [5.41, 5.74) is 13.9. The molecule has 342 valence electrons. The van der Waals surface area contributed by atoms with Gasteiger partial charge in [0.25, 0.3) is 0 Å². The summed E-state index contributed by atoms with van der Waals surface area (Å²) in [5, 5.41) is 9.44. The van der Waals surface area contributed by atoms with Crippen LogP contribution in [-0.4, -0.2) is 0 Å². The van der Waals surface area contributed by atoms with Crippen molar-refractivity contribution < 1.29 is 18.9 Å². The Labute approximate surface area is 410 Å². The normalized spacial score (nSPS) is 11.5. The molecule has 11 rings (SSSR count). The van der Waals surface area contributed by atoms with Crippen molar-refractivity contribution in [3.8, 4) is 22.3 Å². The van der Waals surface area contributed by atoms with E-state index in [4.69, 9.17) is 18.9 Å². The van der Waals surface area contributed by atoms with Crippen LogP contribution in [0.4, 0.5) is 0 Å². The van der Waals surface area contributed by atoms with Crippen LogP contribution >= 0.6 is 0 Å². The average Bonchev–Trinajstić information content (AvgIpc) is 3.41. The molecule has 0 saturated heterocycles. The summed E-state index contributed by atoms with van der Waals surface area (Å²) in [6.45, 7) is 3.99. The minimum Gasteiger partial charge on any atom is -0.372 e. The lowest BCUT2D eigenvalue weighted by Gasteiger charge is -2.21. The van der Waals surface area contributed by atoms with Gasteiger partial charge in [0.1, 0.15) is 0 Å². The fraction of sp³-hybridized carbons (Fsp3) is 0.121. The lowest BCUT2D eigenvalue weighted by atomic mass is 9.83. The van der Waals surface area contributed by atoms with Crippen molar-refractivity contribution in [2.75, 3.05) is 0 Å².